The highest BCUT2D eigenvalue weighted by molar-refractivity contribution is 5.90. The zero-order valence-corrected chi connectivity index (χ0v) is 7.34. The van der Waals surface area contributed by atoms with Crippen molar-refractivity contribution in [3.8, 4) is 0 Å². The largest absolute Gasteiger partial charge is 0.286 e. The summed E-state index contributed by atoms with van der Waals surface area (Å²) in [6.07, 6.45) is 2.96. The first-order chi connectivity index (χ1) is 6.20. The molecule has 3 nitrogen and oxygen atoms in total. The summed E-state index contributed by atoms with van der Waals surface area (Å²) in [5.74, 6) is -0.441. The number of benzene rings is 1. The van der Waals surface area contributed by atoms with E-state index < -0.39 is 5.91 Å². The van der Waals surface area contributed by atoms with E-state index in [4.69, 9.17) is 5.21 Å². The highest BCUT2D eigenvalue weighted by atomic mass is 16.5. The number of nitrogens with zero attached hydrogens (tertiary/aromatic N) is 1. The van der Waals surface area contributed by atoms with Gasteiger partial charge in [0.05, 0.1) is 0 Å². The SMILES string of the molecule is CN(O)C(=O)/C=C\c1ccccc1. The molecule has 1 amide bonds. The van der Waals surface area contributed by atoms with E-state index in [0.29, 0.717) is 5.06 Å². The van der Waals surface area contributed by atoms with Crippen LogP contribution in [0.1, 0.15) is 5.56 Å². The first kappa shape index (κ1) is 9.48. The predicted molar refractivity (Wildman–Crippen MR) is 50.0 cm³/mol. The second kappa shape index (κ2) is 4.42. The molecule has 0 spiro atoms. The van der Waals surface area contributed by atoms with Gasteiger partial charge < -0.3 is 0 Å². The van der Waals surface area contributed by atoms with E-state index in [-0.39, 0.29) is 0 Å². The molecule has 0 saturated heterocycles. The van der Waals surface area contributed by atoms with Gasteiger partial charge in [0.2, 0.25) is 0 Å². The lowest BCUT2D eigenvalue weighted by molar-refractivity contribution is -0.153. The molecule has 68 valence electrons. The lowest BCUT2D eigenvalue weighted by Gasteiger charge is -2.02. The van der Waals surface area contributed by atoms with Gasteiger partial charge >= 0.3 is 0 Å². The van der Waals surface area contributed by atoms with Crippen molar-refractivity contribution in [1.82, 2.24) is 5.06 Å². The van der Waals surface area contributed by atoms with Crippen molar-refractivity contribution in [3.05, 3.63) is 42.0 Å². The fourth-order valence-corrected chi connectivity index (χ4v) is 0.840. The Morgan fingerprint density at radius 2 is 2.00 bits per heavy atom. The maximum atomic E-state index is 10.9. The minimum absolute atomic E-state index is 0.441. The molecule has 3 heteroatoms. The number of carbonyl (C=O) groups excluding carboxylic acids is 1. The van der Waals surface area contributed by atoms with Gasteiger partial charge in [-0.1, -0.05) is 30.3 Å². The smallest absolute Gasteiger partial charge is 0.269 e. The van der Waals surface area contributed by atoms with Crippen molar-refractivity contribution < 1.29 is 10.0 Å². The molecule has 0 fully saturated rings. The standard InChI is InChI=1S/C10H11NO2/c1-11(13)10(12)8-7-9-5-3-2-4-6-9/h2-8,13H,1H3/b8-7-. The molecule has 1 N–H and O–H groups in total. The zero-order valence-electron chi connectivity index (χ0n) is 7.34. The molecule has 1 aromatic rings. The van der Waals surface area contributed by atoms with Gasteiger partial charge in [0.25, 0.3) is 5.91 Å². The van der Waals surface area contributed by atoms with Gasteiger partial charge in [-0.3, -0.25) is 10.0 Å². The lowest BCUT2D eigenvalue weighted by Crippen LogP contribution is -2.19. The van der Waals surface area contributed by atoms with Crippen molar-refractivity contribution in [3.63, 3.8) is 0 Å². The molecular formula is C10H11NO2. The Hall–Kier alpha value is -1.61. The van der Waals surface area contributed by atoms with Crippen molar-refractivity contribution in [2.24, 2.45) is 0 Å². The van der Waals surface area contributed by atoms with Crippen molar-refractivity contribution in [2.45, 2.75) is 0 Å². The number of hydroxylamine groups is 2. The Kier molecular flexibility index (Phi) is 3.23. The molecule has 0 aliphatic heterocycles. The number of hydrogen-bond donors (Lipinski definition) is 1. The van der Waals surface area contributed by atoms with Crippen LogP contribution in [0.3, 0.4) is 0 Å². The van der Waals surface area contributed by atoms with Gasteiger partial charge in [0.15, 0.2) is 0 Å². The molecule has 0 saturated carbocycles. The molecule has 0 aromatic heterocycles. The molecule has 1 rings (SSSR count). The van der Waals surface area contributed by atoms with E-state index in [9.17, 15) is 4.79 Å². The maximum absolute atomic E-state index is 10.9. The second-order valence-electron chi connectivity index (χ2n) is 2.61. The number of likely N-dealkylation sites (N-methyl/N-ethyl adjacent to an activating group) is 1. The molecule has 0 unspecified atom stereocenters. The monoisotopic (exact) mass is 177 g/mol. The van der Waals surface area contributed by atoms with Gasteiger partial charge in [-0.2, -0.15) is 0 Å². The van der Waals surface area contributed by atoms with E-state index in [0.717, 1.165) is 5.56 Å². The van der Waals surface area contributed by atoms with E-state index in [1.165, 1.54) is 13.1 Å². The van der Waals surface area contributed by atoms with Crippen LogP contribution in [-0.2, 0) is 4.79 Å². The summed E-state index contributed by atoms with van der Waals surface area (Å²) in [4.78, 5) is 10.9. The number of amides is 1. The van der Waals surface area contributed by atoms with E-state index >= 15 is 0 Å². The minimum Gasteiger partial charge on any atom is -0.286 e. The number of carbonyl (C=O) groups is 1. The van der Waals surface area contributed by atoms with Crippen LogP contribution >= 0.6 is 0 Å². The lowest BCUT2D eigenvalue weighted by atomic mass is 10.2. The fourth-order valence-electron chi connectivity index (χ4n) is 0.840. The molecule has 0 atom stereocenters. The van der Waals surface area contributed by atoms with E-state index in [1.807, 2.05) is 30.3 Å². The third kappa shape index (κ3) is 3.09. The van der Waals surface area contributed by atoms with Crippen molar-refractivity contribution >= 4 is 12.0 Å². The summed E-state index contributed by atoms with van der Waals surface area (Å²) in [5.41, 5.74) is 0.928. The van der Waals surface area contributed by atoms with Crippen LogP contribution in [0, 0.1) is 0 Å². The summed E-state index contributed by atoms with van der Waals surface area (Å²) < 4.78 is 0. The number of rotatable bonds is 2. The van der Waals surface area contributed by atoms with E-state index in [1.54, 1.807) is 6.08 Å². The molecule has 0 aliphatic rings. The van der Waals surface area contributed by atoms with Crippen LogP contribution in [0.4, 0.5) is 0 Å². The van der Waals surface area contributed by atoms with Gasteiger partial charge in [0.1, 0.15) is 0 Å². The summed E-state index contributed by atoms with van der Waals surface area (Å²) in [7, 11) is 1.29. The summed E-state index contributed by atoms with van der Waals surface area (Å²) in [6, 6.07) is 9.42. The molecule has 0 aliphatic carbocycles. The predicted octanol–water partition coefficient (Wildman–Crippen LogP) is 1.55. The fraction of sp³-hybridized carbons (Fsp3) is 0.100. The first-order valence-electron chi connectivity index (χ1n) is 3.90. The van der Waals surface area contributed by atoms with Crippen LogP contribution < -0.4 is 0 Å². The second-order valence-corrected chi connectivity index (χ2v) is 2.61. The van der Waals surface area contributed by atoms with Crippen molar-refractivity contribution in [1.29, 1.82) is 0 Å². The van der Waals surface area contributed by atoms with Crippen LogP contribution in [0.2, 0.25) is 0 Å². The van der Waals surface area contributed by atoms with Gasteiger partial charge in [0, 0.05) is 13.1 Å². The van der Waals surface area contributed by atoms with Crippen LogP contribution in [-0.4, -0.2) is 23.2 Å². The van der Waals surface area contributed by atoms with Gasteiger partial charge in [-0.25, -0.2) is 5.06 Å². The number of hydrogen-bond acceptors (Lipinski definition) is 2. The third-order valence-electron chi connectivity index (χ3n) is 1.54. The summed E-state index contributed by atoms with van der Waals surface area (Å²) in [5, 5.41) is 9.27. The maximum Gasteiger partial charge on any atom is 0.269 e. The molecule has 0 bridgehead atoms. The average Bonchev–Trinajstić information content (AvgIpc) is 2.15. The topological polar surface area (TPSA) is 40.5 Å². The molecule has 0 heterocycles. The Labute approximate surface area is 76.9 Å². The first-order valence-corrected chi connectivity index (χ1v) is 3.90. The Morgan fingerprint density at radius 1 is 1.38 bits per heavy atom. The Morgan fingerprint density at radius 3 is 2.54 bits per heavy atom. The third-order valence-corrected chi connectivity index (χ3v) is 1.54. The Bertz CT molecular complexity index is 304. The van der Waals surface area contributed by atoms with Gasteiger partial charge in [-0.15, -0.1) is 0 Å². The van der Waals surface area contributed by atoms with Crippen LogP contribution in [0.25, 0.3) is 6.08 Å². The molecular weight excluding hydrogens is 166 g/mol. The molecule has 13 heavy (non-hydrogen) atoms. The minimum atomic E-state index is -0.441. The van der Waals surface area contributed by atoms with Crippen LogP contribution in [0.15, 0.2) is 36.4 Å². The highest BCUT2D eigenvalue weighted by Gasteiger charge is 1.97. The normalized spacial score (nSPS) is 10.3. The van der Waals surface area contributed by atoms with E-state index in [2.05, 4.69) is 0 Å². The van der Waals surface area contributed by atoms with Gasteiger partial charge in [-0.05, 0) is 11.6 Å². The molecule has 0 radical (unpaired) electrons. The zero-order chi connectivity index (χ0) is 9.68. The summed E-state index contributed by atoms with van der Waals surface area (Å²) >= 11 is 0. The Balaban J connectivity index is 2.64. The highest BCUT2D eigenvalue weighted by Crippen LogP contribution is 2.00. The van der Waals surface area contributed by atoms with Crippen molar-refractivity contribution in [2.75, 3.05) is 7.05 Å². The average molecular weight is 177 g/mol. The quantitative estimate of drug-likeness (QED) is 0.423. The summed E-state index contributed by atoms with van der Waals surface area (Å²) in [6.45, 7) is 0. The molecule has 1 aromatic carbocycles. The van der Waals surface area contributed by atoms with Crippen LogP contribution in [0.5, 0.6) is 0 Å².